The van der Waals surface area contributed by atoms with Gasteiger partial charge in [0.1, 0.15) is 5.82 Å². The molecule has 2 aromatic rings. The molecule has 0 aromatic heterocycles. The fourth-order valence-electron chi connectivity index (χ4n) is 2.11. The lowest BCUT2D eigenvalue weighted by molar-refractivity contribution is -0.115. The Bertz CT molecular complexity index is 696. The molecule has 1 aliphatic rings. The molecule has 0 radical (unpaired) electrons. The highest BCUT2D eigenvalue weighted by Gasteiger charge is 2.18. The zero-order valence-corrected chi connectivity index (χ0v) is 10.4. The Morgan fingerprint density at radius 1 is 1.15 bits per heavy atom. The molecular weight excluding hydrogens is 259 g/mol. The van der Waals surface area contributed by atoms with Gasteiger partial charge in [-0.1, -0.05) is 0 Å². The zero-order chi connectivity index (χ0) is 14.1. The molecule has 0 fully saturated rings. The van der Waals surface area contributed by atoms with Crippen molar-refractivity contribution < 1.29 is 14.0 Å². The minimum absolute atomic E-state index is 0.0537. The first kappa shape index (κ1) is 12.3. The lowest BCUT2D eigenvalue weighted by Crippen LogP contribution is -2.11. The summed E-state index contributed by atoms with van der Waals surface area (Å²) in [4.78, 5) is 23.2. The first-order valence-corrected chi connectivity index (χ1v) is 6.11. The number of halogens is 1. The third-order valence-corrected chi connectivity index (χ3v) is 3.09. The summed E-state index contributed by atoms with van der Waals surface area (Å²) in [5.41, 5.74) is 2.61. The van der Waals surface area contributed by atoms with Crippen molar-refractivity contribution in [2.24, 2.45) is 0 Å². The standard InChI is InChI=1S/C15H11FN2O2/c16-11-3-1-9(2-4-11)15(20)17-12-5-6-13-10(7-12)8-14(19)18-13/h1-7H,8H2,(H,17,20)(H,18,19). The van der Waals surface area contributed by atoms with E-state index >= 15 is 0 Å². The van der Waals surface area contributed by atoms with Crippen molar-refractivity contribution in [3.8, 4) is 0 Å². The van der Waals surface area contributed by atoms with E-state index in [4.69, 9.17) is 0 Å². The fraction of sp³-hybridized carbons (Fsp3) is 0.0667. The van der Waals surface area contributed by atoms with Crippen molar-refractivity contribution in [3.05, 3.63) is 59.4 Å². The average molecular weight is 270 g/mol. The molecule has 0 atom stereocenters. The molecule has 2 aromatic carbocycles. The summed E-state index contributed by atoms with van der Waals surface area (Å²) in [6.07, 6.45) is 0.315. The third-order valence-electron chi connectivity index (χ3n) is 3.09. The summed E-state index contributed by atoms with van der Waals surface area (Å²) in [6, 6.07) is 10.5. The Labute approximate surface area is 114 Å². The van der Waals surface area contributed by atoms with Gasteiger partial charge in [-0.25, -0.2) is 4.39 Å². The van der Waals surface area contributed by atoms with Gasteiger partial charge in [-0.3, -0.25) is 9.59 Å². The van der Waals surface area contributed by atoms with Crippen molar-refractivity contribution in [2.75, 3.05) is 10.6 Å². The molecule has 0 aliphatic carbocycles. The zero-order valence-electron chi connectivity index (χ0n) is 10.4. The lowest BCUT2D eigenvalue weighted by Gasteiger charge is -2.07. The van der Waals surface area contributed by atoms with Crippen molar-refractivity contribution in [1.82, 2.24) is 0 Å². The number of hydrogen-bond acceptors (Lipinski definition) is 2. The van der Waals surface area contributed by atoms with Gasteiger partial charge in [0.05, 0.1) is 6.42 Å². The molecule has 2 amide bonds. The van der Waals surface area contributed by atoms with E-state index < -0.39 is 0 Å². The predicted octanol–water partition coefficient (Wildman–Crippen LogP) is 2.57. The van der Waals surface area contributed by atoms with Gasteiger partial charge in [-0.15, -0.1) is 0 Å². The molecule has 0 spiro atoms. The molecule has 20 heavy (non-hydrogen) atoms. The number of carbonyl (C=O) groups excluding carboxylic acids is 2. The van der Waals surface area contributed by atoms with E-state index in [1.54, 1.807) is 18.2 Å². The molecule has 2 N–H and O–H groups in total. The highest BCUT2D eigenvalue weighted by Crippen LogP contribution is 2.26. The van der Waals surface area contributed by atoms with Crippen LogP contribution in [0.15, 0.2) is 42.5 Å². The monoisotopic (exact) mass is 270 g/mol. The van der Waals surface area contributed by atoms with Gasteiger partial charge in [0.2, 0.25) is 5.91 Å². The number of benzene rings is 2. The van der Waals surface area contributed by atoms with Crippen molar-refractivity contribution in [2.45, 2.75) is 6.42 Å². The van der Waals surface area contributed by atoms with Gasteiger partial charge >= 0.3 is 0 Å². The summed E-state index contributed by atoms with van der Waals surface area (Å²) in [5.74, 6) is -0.757. The topological polar surface area (TPSA) is 58.2 Å². The van der Waals surface area contributed by atoms with Gasteiger partial charge in [0.15, 0.2) is 0 Å². The van der Waals surface area contributed by atoms with E-state index in [9.17, 15) is 14.0 Å². The minimum Gasteiger partial charge on any atom is -0.326 e. The summed E-state index contributed by atoms with van der Waals surface area (Å²) in [7, 11) is 0. The molecule has 3 rings (SSSR count). The van der Waals surface area contributed by atoms with E-state index in [-0.39, 0.29) is 17.6 Å². The summed E-state index contributed by atoms with van der Waals surface area (Å²) in [6.45, 7) is 0. The number of carbonyl (C=O) groups is 2. The number of fused-ring (bicyclic) bond motifs is 1. The van der Waals surface area contributed by atoms with Gasteiger partial charge in [-0.05, 0) is 48.0 Å². The van der Waals surface area contributed by atoms with Crippen LogP contribution in [-0.2, 0) is 11.2 Å². The van der Waals surface area contributed by atoms with Gasteiger partial charge in [0, 0.05) is 16.9 Å². The first-order chi connectivity index (χ1) is 9.61. The number of amides is 2. The maximum atomic E-state index is 12.8. The van der Waals surface area contributed by atoms with Crippen LogP contribution in [0.3, 0.4) is 0 Å². The fourth-order valence-corrected chi connectivity index (χ4v) is 2.11. The van der Waals surface area contributed by atoms with Crippen LogP contribution >= 0.6 is 0 Å². The lowest BCUT2D eigenvalue weighted by atomic mass is 10.1. The molecule has 1 heterocycles. The van der Waals surface area contributed by atoms with Crippen molar-refractivity contribution in [1.29, 1.82) is 0 Å². The Hall–Kier alpha value is -2.69. The number of anilines is 2. The minimum atomic E-state index is -0.385. The Kier molecular flexibility index (Phi) is 2.95. The molecule has 0 saturated carbocycles. The summed E-state index contributed by atoms with van der Waals surface area (Å²) < 4.78 is 12.8. The molecular formula is C15H11FN2O2. The Morgan fingerprint density at radius 3 is 2.65 bits per heavy atom. The van der Waals surface area contributed by atoms with E-state index in [1.165, 1.54) is 24.3 Å². The molecule has 4 nitrogen and oxygen atoms in total. The maximum Gasteiger partial charge on any atom is 0.255 e. The van der Waals surface area contributed by atoms with E-state index in [2.05, 4.69) is 10.6 Å². The van der Waals surface area contributed by atoms with Crippen molar-refractivity contribution in [3.63, 3.8) is 0 Å². The van der Waals surface area contributed by atoms with Crippen LogP contribution in [0.4, 0.5) is 15.8 Å². The molecule has 0 bridgehead atoms. The summed E-state index contributed by atoms with van der Waals surface area (Å²) in [5, 5.41) is 5.44. The number of nitrogens with one attached hydrogen (secondary N) is 2. The summed E-state index contributed by atoms with van der Waals surface area (Å²) >= 11 is 0. The second-order valence-electron chi connectivity index (χ2n) is 4.56. The Morgan fingerprint density at radius 2 is 1.90 bits per heavy atom. The van der Waals surface area contributed by atoms with Crippen LogP contribution in [0.25, 0.3) is 0 Å². The number of hydrogen-bond donors (Lipinski definition) is 2. The van der Waals surface area contributed by atoms with E-state index in [0.717, 1.165) is 11.3 Å². The van der Waals surface area contributed by atoms with E-state index in [0.29, 0.717) is 17.7 Å². The smallest absolute Gasteiger partial charge is 0.255 e. The quantitative estimate of drug-likeness (QED) is 0.881. The largest absolute Gasteiger partial charge is 0.326 e. The van der Waals surface area contributed by atoms with Gasteiger partial charge < -0.3 is 10.6 Å². The molecule has 0 unspecified atom stereocenters. The molecule has 1 aliphatic heterocycles. The maximum absolute atomic E-state index is 12.8. The van der Waals surface area contributed by atoms with Crippen LogP contribution in [0, 0.1) is 5.82 Å². The van der Waals surface area contributed by atoms with Crippen LogP contribution in [0.1, 0.15) is 15.9 Å². The highest BCUT2D eigenvalue weighted by atomic mass is 19.1. The Balaban J connectivity index is 1.78. The van der Waals surface area contributed by atoms with Gasteiger partial charge in [0.25, 0.3) is 5.91 Å². The SMILES string of the molecule is O=C1Cc2cc(NC(=O)c3ccc(F)cc3)ccc2N1. The highest BCUT2D eigenvalue weighted by molar-refractivity contribution is 6.05. The molecule has 0 saturated heterocycles. The second-order valence-corrected chi connectivity index (χ2v) is 4.56. The predicted molar refractivity (Wildman–Crippen MR) is 73.1 cm³/mol. The van der Waals surface area contributed by atoms with Crippen LogP contribution < -0.4 is 10.6 Å². The van der Waals surface area contributed by atoms with Crippen LogP contribution in [0.2, 0.25) is 0 Å². The third kappa shape index (κ3) is 2.38. The van der Waals surface area contributed by atoms with E-state index in [1.807, 2.05) is 0 Å². The number of rotatable bonds is 2. The first-order valence-electron chi connectivity index (χ1n) is 6.11. The normalized spacial score (nSPS) is 12.8. The van der Waals surface area contributed by atoms with Crippen LogP contribution in [0.5, 0.6) is 0 Å². The van der Waals surface area contributed by atoms with Crippen LogP contribution in [-0.4, -0.2) is 11.8 Å². The molecule has 5 heteroatoms. The van der Waals surface area contributed by atoms with Gasteiger partial charge in [-0.2, -0.15) is 0 Å². The average Bonchev–Trinajstić information content (AvgIpc) is 2.78. The molecule has 100 valence electrons. The van der Waals surface area contributed by atoms with Crippen molar-refractivity contribution >= 4 is 23.2 Å². The second kappa shape index (κ2) is 4.77.